The van der Waals surface area contributed by atoms with E-state index in [1.165, 1.54) is 7.11 Å². The summed E-state index contributed by atoms with van der Waals surface area (Å²) in [5, 5.41) is 0. The lowest BCUT2D eigenvalue weighted by Crippen LogP contribution is -2.07. The van der Waals surface area contributed by atoms with Gasteiger partial charge in [-0.05, 0) is 48.9 Å². The Morgan fingerprint density at radius 3 is 2.19 bits per heavy atom. The van der Waals surface area contributed by atoms with Crippen LogP contribution in [0.4, 0.5) is 0 Å². The van der Waals surface area contributed by atoms with Gasteiger partial charge in [-0.25, -0.2) is 14.8 Å². The SMILES string of the molecule is COC(=O)c1cc(-c2ccc(OC)cc2)nc(-c2ccc(OC)nc2)c1C. The normalized spacial score (nSPS) is 10.4. The Bertz CT molecular complexity index is 951. The first-order valence-electron chi connectivity index (χ1n) is 8.32. The molecule has 0 spiro atoms. The van der Waals surface area contributed by atoms with Crippen LogP contribution in [0.3, 0.4) is 0 Å². The zero-order chi connectivity index (χ0) is 19.4. The van der Waals surface area contributed by atoms with Crippen molar-refractivity contribution in [2.75, 3.05) is 21.3 Å². The van der Waals surface area contributed by atoms with E-state index in [0.29, 0.717) is 22.8 Å². The smallest absolute Gasteiger partial charge is 0.338 e. The molecule has 2 aromatic heterocycles. The highest BCUT2D eigenvalue weighted by molar-refractivity contribution is 5.94. The minimum atomic E-state index is -0.410. The number of hydrogen-bond acceptors (Lipinski definition) is 6. The van der Waals surface area contributed by atoms with Crippen LogP contribution in [0, 0.1) is 6.92 Å². The third kappa shape index (κ3) is 3.74. The van der Waals surface area contributed by atoms with Crippen LogP contribution in [0.2, 0.25) is 0 Å². The quantitative estimate of drug-likeness (QED) is 0.639. The van der Waals surface area contributed by atoms with Crippen LogP contribution in [0.25, 0.3) is 22.5 Å². The number of benzene rings is 1. The van der Waals surface area contributed by atoms with Crippen LogP contribution in [0.5, 0.6) is 11.6 Å². The van der Waals surface area contributed by atoms with Crippen LogP contribution >= 0.6 is 0 Å². The number of rotatable bonds is 5. The second-order valence-corrected chi connectivity index (χ2v) is 5.84. The van der Waals surface area contributed by atoms with Gasteiger partial charge in [0.25, 0.3) is 0 Å². The summed E-state index contributed by atoms with van der Waals surface area (Å²) < 4.78 is 15.3. The fourth-order valence-corrected chi connectivity index (χ4v) is 2.76. The highest BCUT2D eigenvalue weighted by atomic mass is 16.5. The molecule has 27 heavy (non-hydrogen) atoms. The summed E-state index contributed by atoms with van der Waals surface area (Å²) in [5.74, 6) is 0.849. The van der Waals surface area contributed by atoms with Crippen molar-refractivity contribution in [3.8, 4) is 34.1 Å². The van der Waals surface area contributed by atoms with E-state index in [2.05, 4.69) is 4.98 Å². The Balaban J connectivity index is 2.17. The largest absolute Gasteiger partial charge is 0.497 e. The molecule has 0 saturated heterocycles. The number of carbonyl (C=O) groups is 1. The number of aromatic nitrogens is 2. The minimum Gasteiger partial charge on any atom is -0.497 e. The van der Waals surface area contributed by atoms with Gasteiger partial charge in [0.05, 0.1) is 38.3 Å². The van der Waals surface area contributed by atoms with E-state index in [4.69, 9.17) is 19.2 Å². The summed E-state index contributed by atoms with van der Waals surface area (Å²) in [7, 11) is 4.54. The molecule has 0 radical (unpaired) electrons. The molecule has 0 bridgehead atoms. The molecule has 3 rings (SSSR count). The van der Waals surface area contributed by atoms with E-state index in [9.17, 15) is 4.79 Å². The number of carbonyl (C=O) groups excluding carboxylic acids is 1. The average Bonchev–Trinajstić information content (AvgIpc) is 2.73. The Morgan fingerprint density at radius 2 is 1.63 bits per heavy atom. The number of methoxy groups -OCH3 is 3. The number of hydrogen-bond donors (Lipinski definition) is 0. The predicted molar refractivity (Wildman–Crippen MR) is 102 cm³/mol. The van der Waals surface area contributed by atoms with Crippen LogP contribution in [-0.2, 0) is 4.74 Å². The molecule has 0 N–H and O–H groups in total. The predicted octanol–water partition coefficient (Wildman–Crippen LogP) is 3.92. The van der Waals surface area contributed by atoms with Gasteiger partial charge in [0, 0.05) is 23.4 Å². The molecule has 1 aromatic carbocycles. The maximum absolute atomic E-state index is 12.3. The maximum atomic E-state index is 12.3. The van der Waals surface area contributed by atoms with Gasteiger partial charge < -0.3 is 14.2 Å². The van der Waals surface area contributed by atoms with E-state index in [0.717, 1.165) is 22.4 Å². The van der Waals surface area contributed by atoms with Crippen LogP contribution in [-0.4, -0.2) is 37.3 Å². The summed E-state index contributed by atoms with van der Waals surface area (Å²) in [6.45, 7) is 1.84. The van der Waals surface area contributed by atoms with Crippen molar-refractivity contribution in [3.63, 3.8) is 0 Å². The van der Waals surface area contributed by atoms with Crippen molar-refractivity contribution < 1.29 is 19.0 Å². The van der Waals surface area contributed by atoms with E-state index < -0.39 is 5.97 Å². The summed E-state index contributed by atoms with van der Waals surface area (Å²) in [6.07, 6.45) is 1.67. The lowest BCUT2D eigenvalue weighted by atomic mass is 10.00. The van der Waals surface area contributed by atoms with Crippen molar-refractivity contribution in [1.29, 1.82) is 0 Å². The van der Waals surface area contributed by atoms with E-state index >= 15 is 0 Å². The summed E-state index contributed by atoms with van der Waals surface area (Å²) in [4.78, 5) is 21.3. The number of esters is 1. The molecule has 6 nitrogen and oxygen atoms in total. The Labute approximate surface area is 157 Å². The van der Waals surface area contributed by atoms with Gasteiger partial charge >= 0.3 is 5.97 Å². The van der Waals surface area contributed by atoms with Crippen LogP contribution in [0.15, 0.2) is 48.7 Å². The van der Waals surface area contributed by atoms with Gasteiger partial charge in [-0.1, -0.05) is 0 Å². The van der Waals surface area contributed by atoms with E-state index in [1.807, 2.05) is 37.3 Å². The summed E-state index contributed by atoms with van der Waals surface area (Å²) in [5.41, 5.74) is 4.17. The van der Waals surface area contributed by atoms with E-state index in [1.54, 1.807) is 32.5 Å². The van der Waals surface area contributed by atoms with Crippen LogP contribution < -0.4 is 9.47 Å². The highest BCUT2D eigenvalue weighted by Crippen LogP contribution is 2.30. The summed E-state index contributed by atoms with van der Waals surface area (Å²) in [6, 6.07) is 12.9. The van der Waals surface area contributed by atoms with Gasteiger partial charge in [-0.2, -0.15) is 0 Å². The number of nitrogens with zero attached hydrogens (tertiary/aromatic N) is 2. The Morgan fingerprint density at radius 1 is 0.926 bits per heavy atom. The lowest BCUT2D eigenvalue weighted by molar-refractivity contribution is 0.0600. The molecule has 0 fully saturated rings. The number of ether oxygens (including phenoxy) is 3. The van der Waals surface area contributed by atoms with Crippen molar-refractivity contribution in [1.82, 2.24) is 9.97 Å². The Hall–Kier alpha value is -3.41. The average molecular weight is 364 g/mol. The van der Waals surface area contributed by atoms with E-state index in [-0.39, 0.29) is 0 Å². The molecule has 2 heterocycles. The van der Waals surface area contributed by atoms with Crippen molar-refractivity contribution in [3.05, 3.63) is 59.8 Å². The first-order chi connectivity index (χ1) is 13.1. The molecular weight excluding hydrogens is 344 g/mol. The molecule has 0 aliphatic heterocycles. The fourth-order valence-electron chi connectivity index (χ4n) is 2.76. The first kappa shape index (κ1) is 18.4. The van der Waals surface area contributed by atoms with Crippen molar-refractivity contribution in [2.24, 2.45) is 0 Å². The summed E-state index contributed by atoms with van der Waals surface area (Å²) >= 11 is 0. The van der Waals surface area contributed by atoms with Gasteiger partial charge in [-0.3, -0.25) is 0 Å². The van der Waals surface area contributed by atoms with Gasteiger partial charge in [-0.15, -0.1) is 0 Å². The number of pyridine rings is 2. The second kappa shape index (κ2) is 7.86. The zero-order valence-electron chi connectivity index (χ0n) is 15.6. The fraction of sp³-hybridized carbons (Fsp3) is 0.190. The van der Waals surface area contributed by atoms with Crippen molar-refractivity contribution >= 4 is 5.97 Å². The lowest BCUT2D eigenvalue weighted by Gasteiger charge is -2.13. The molecule has 6 heteroatoms. The molecule has 0 atom stereocenters. The van der Waals surface area contributed by atoms with Crippen LogP contribution in [0.1, 0.15) is 15.9 Å². The molecule has 0 amide bonds. The Kier molecular flexibility index (Phi) is 5.35. The maximum Gasteiger partial charge on any atom is 0.338 e. The third-order valence-electron chi connectivity index (χ3n) is 4.28. The molecule has 138 valence electrons. The molecule has 0 aliphatic carbocycles. The third-order valence-corrected chi connectivity index (χ3v) is 4.28. The standard InChI is InChI=1S/C21H20N2O4/c1-13-17(21(24)27-4)11-18(14-5-8-16(25-2)9-6-14)23-20(13)15-7-10-19(26-3)22-12-15/h5-12H,1-4H3. The molecule has 0 unspecified atom stereocenters. The highest BCUT2D eigenvalue weighted by Gasteiger charge is 2.18. The topological polar surface area (TPSA) is 70.5 Å². The minimum absolute atomic E-state index is 0.410. The van der Waals surface area contributed by atoms with Gasteiger partial charge in [0.15, 0.2) is 0 Å². The van der Waals surface area contributed by atoms with Crippen molar-refractivity contribution in [2.45, 2.75) is 6.92 Å². The zero-order valence-corrected chi connectivity index (χ0v) is 15.6. The van der Waals surface area contributed by atoms with Gasteiger partial charge in [0.1, 0.15) is 5.75 Å². The monoisotopic (exact) mass is 364 g/mol. The van der Waals surface area contributed by atoms with Gasteiger partial charge in [0.2, 0.25) is 5.88 Å². The molecule has 0 saturated carbocycles. The molecule has 0 aliphatic rings. The second-order valence-electron chi connectivity index (χ2n) is 5.84. The molecular formula is C21H20N2O4. The molecule has 3 aromatic rings. The first-order valence-corrected chi connectivity index (χ1v) is 8.32.